The Labute approximate surface area is 113 Å². The Morgan fingerprint density at radius 3 is 2.94 bits per heavy atom. The summed E-state index contributed by atoms with van der Waals surface area (Å²) in [5, 5.41) is 5.77. The van der Waals surface area contributed by atoms with E-state index in [4.69, 9.17) is 0 Å². The molecule has 2 aromatic rings. The van der Waals surface area contributed by atoms with Crippen molar-refractivity contribution >= 4 is 21.6 Å². The minimum Gasteiger partial charge on any atom is -0.310 e. The van der Waals surface area contributed by atoms with Gasteiger partial charge in [0.2, 0.25) is 0 Å². The summed E-state index contributed by atoms with van der Waals surface area (Å²) >= 11 is 1.77. The molecule has 0 saturated carbocycles. The summed E-state index contributed by atoms with van der Waals surface area (Å²) in [7, 11) is 0. The third-order valence-electron chi connectivity index (χ3n) is 3.51. The average molecular weight is 262 g/mol. The first-order valence-corrected chi connectivity index (χ1v) is 7.70. The van der Waals surface area contributed by atoms with Crippen molar-refractivity contribution in [2.45, 2.75) is 39.7 Å². The van der Waals surface area contributed by atoms with Crippen molar-refractivity contribution in [3.05, 3.63) is 29.3 Å². The second-order valence-corrected chi connectivity index (χ2v) is 5.84. The van der Waals surface area contributed by atoms with Crippen LogP contribution in [0.4, 0.5) is 0 Å². The van der Waals surface area contributed by atoms with E-state index in [2.05, 4.69) is 48.6 Å². The Hall–Kier alpha value is -0.930. The average Bonchev–Trinajstić information content (AvgIpc) is 2.86. The van der Waals surface area contributed by atoms with Gasteiger partial charge in [0, 0.05) is 12.2 Å². The van der Waals surface area contributed by atoms with Gasteiger partial charge in [-0.2, -0.15) is 0 Å². The number of fused-ring (bicyclic) bond motifs is 1. The lowest BCUT2D eigenvalue weighted by Crippen LogP contribution is -2.27. The van der Waals surface area contributed by atoms with Crippen LogP contribution >= 0.6 is 11.3 Å². The third kappa shape index (κ3) is 2.90. The fourth-order valence-corrected chi connectivity index (χ4v) is 3.00. The fraction of sp³-hybridized carbons (Fsp3) is 0.533. The highest BCUT2D eigenvalue weighted by atomic mass is 32.1. The van der Waals surface area contributed by atoms with Crippen LogP contribution in [-0.4, -0.2) is 11.5 Å². The molecule has 0 fully saturated rings. The molecule has 0 aliphatic heterocycles. The van der Waals surface area contributed by atoms with Crippen molar-refractivity contribution in [1.82, 2.24) is 10.3 Å². The lowest BCUT2D eigenvalue weighted by atomic mass is 9.93. The molecule has 2 unspecified atom stereocenters. The number of pyridine rings is 1. The second-order valence-electron chi connectivity index (χ2n) is 4.89. The molecule has 2 atom stereocenters. The van der Waals surface area contributed by atoms with E-state index < -0.39 is 0 Å². The number of thiophene rings is 1. The lowest BCUT2D eigenvalue weighted by molar-refractivity contribution is 0.377. The zero-order chi connectivity index (χ0) is 13.0. The molecule has 1 N–H and O–H groups in total. The maximum absolute atomic E-state index is 4.56. The zero-order valence-corrected chi connectivity index (χ0v) is 12.3. The molecule has 98 valence electrons. The molecular formula is C15H22N2S. The van der Waals surface area contributed by atoms with Crippen molar-refractivity contribution in [3.63, 3.8) is 0 Å². The first-order valence-electron chi connectivity index (χ1n) is 6.82. The van der Waals surface area contributed by atoms with Gasteiger partial charge in [0.15, 0.2) is 0 Å². The molecule has 0 saturated heterocycles. The summed E-state index contributed by atoms with van der Waals surface area (Å²) in [6.07, 6.45) is 4.39. The summed E-state index contributed by atoms with van der Waals surface area (Å²) in [6.45, 7) is 7.84. The summed E-state index contributed by atoms with van der Waals surface area (Å²) in [6, 6.07) is 4.81. The number of hydrogen-bond acceptors (Lipinski definition) is 3. The number of nitrogens with zero attached hydrogens (tertiary/aromatic N) is 1. The highest BCUT2D eigenvalue weighted by molar-refractivity contribution is 7.17. The normalized spacial score (nSPS) is 14.8. The summed E-state index contributed by atoms with van der Waals surface area (Å²) < 4.78 is 1.29. The molecule has 3 heteroatoms. The van der Waals surface area contributed by atoms with Crippen LogP contribution in [-0.2, 0) is 0 Å². The van der Waals surface area contributed by atoms with Gasteiger partial charge in [-0.05, 0) is 42.0 Å². The summed E-state index contributed by atoms with van der Waals surface area (Å²) in [5.74, 6) is 0.635. The van der Waals surface area contributed by atoms with Crippen molar-refractivity contribution in [3.8, 4) is 0 Å². The Bertz CT molecular complexity index is 492. The molecular weight excluding hydrogens is 240 g/mol. The van der Waals surface area contributed by atoms with Gasteiger partial charge in [-0.25, -0.2) is 0 Å². The molecule has 0 spiro atoms. The first kappa shape index (κ1) is 13.5. The van der Waals surface area contributed by atoms with Crippen LogP contribution in [0.1, 0.15) is 45.2 Å². The van der Waals surface area contributed by atoms with Gasteiger partial charge >= 0.3 is 0 Å². The molecule has 2 heterocycles. The van der Waals surface area contributed by atoms with Crippen LogP contribution in [0.5, 0.6) is 0 Å². The van der Waals surface area contributed by atoms with E-state index in [0.29, 0.717) is 12.0 Å². The van der Waals surface area contributed by atoms with Crippen molar-refractivity contribution in [1.29, 1.82) is 0 Å². The second kappa shape index (κ2) is 6.30. The fourth-order valence-electron chi connectivity index (χ4n) is 2.21. The Morgan fingerprint density at radius 1 is 1.39 bits per heavy atom. The summed E-state index contributed by atoms with van der Waals surface area (Å²) in [5.41, 5.74) is 2.44. The molecule has 0 aliphatic carbocycles. The van der Waals surface area contributed by atoms with Crippen molar-refractivity contribution in [2.24, 2.45) is 5.92 Å². The van der Waals surface area contributed by atoms with Gasteiger partial charge in [0.1, 0.15) is 0 Å². The van der Waals surface area contributed by atoms with E-state index in [1.807, 2.05) is 6.20 Å². The molecule has 2 aromatic heterocycles. The number of aromatic nitrogens is 1. The molecule has 2 nitrogen and oxygen atoms in total. The van der Waals surface area contributed by atoms with Crippen LogP contribution in [0, 0.1) is 5.92 Å². The topological polar surface area (TPSA) is 24.9 Å². The Morgan fingerprint density at radius 2 is 2.22 bits per heavy atom. The standard InChI is InChI=1S/C15H22N2S/c1-4-7-16-15(11(3)5-2)12-9-14-13(17-10-12)6-8-18-14/h6,8-11,15-16H,4-5,7H2,1-3H3. The number of hydrogen-bond donors (Lipinski definition) is 1. The largest absolute Gasteiger partial charge is 0.310 e. The number of nitrogens with one attached hydrogen (secondary N) is 1. The monoisotopic (exact) mass is 262 g/mol. The van der Waals surface area contributed by atoms with Crippen molar-refractivity contribution in [2.75, 3.05) is 6.54 Å². The maximum atomic E-state index is 4.56. The summed E-state index contributed by atoms with van der Waals surface area (Å²) in [4.78, 5) is 4.56. The van der Waals surface area contributed by atoms with Gasteiger partial charge in [-0.15, -0.1) is 11.3 Å². The van der Waals surface area contributed by atoms with E-state index in [-0.39, 0.29) is 0 Å². The smallest absolute Gasteiger partial charge is 0.0809 e. The van der Waals surface area contributed by atoms with E-state index in [0.717, 1.165) is 12.1 Å². The third-order valence-corrected chi connectivity index (χ3v) is 4.36. The molecule has 0 radical (unpaired) electrons. The predicted octanol–water partition coefficient (Wildman–Crippen LogP) is 4.38. The van der Waals surface area contributed by atoms with Gasteiger partial charge in [-0.3, -0.25) is 4.98 Å². The highest BCUT2D eigenvalue weighted by Crippen LogP contribution is 2.28. The molecule has 18 heavy (non-hydrogen) atoms. The lowest BCUT2D eigenvalue weighted by Gasteiger charge is -2.24. The zero-order valence-electron chi connectivity index (χ0n) is 11.4. The molecule has 2 rings (SSSR count). The van der Waals surface area contributed by atoms with E-state index in [1.165, 1.54) is 23.1 Å². The molecule has 0 bridgehead atoms. The van der Waals surface area contributed by atoms with Gasteiger partial charge in [0.05, 0.1) is 10.2 Å². The minimum atomic E-state index is 0.425. The van der Waals surface area contributed by atoms with Gasteiger partial charge in [-0.1, -0.05) is 27.2 Å². The van der Waals surface area contributed by atoms with Crippen LogP contribution in [0.3, 0.4) is 0 Å². The maximum Gasteiger partial charge on any atom is 0.0809 e. The number of rotatable bonds is 6. The quantitative estimate of drug-likeness (QED) is 0.835. The van der Waals surface area contributed by atoms with E-state index in [9.17, 15) is 0 Å². The Kier molecular flexibility index (Phi) is 4.72. The minimum absolute atomic E-state index is 0.425. The first-order chi connectivity index (χ1) is 8.76. The molecule has 0 amide bonds. The highest BCUT2D eigenvalue weighted by Gasteiger charge is 2.18. The van der Waals surface area contributed by atoms with E-state index >= 15 is 0 Å². The van der Waals surface area contributed by atoms with Crippen molar-refractivity contribution < 1.29 is 0 Å². The van der Waals surface area contributed by atoms with Crippen LogP contribution < -0.4 is 5.32 Å². The van der Waals surface area contributed by atoms with Crippen LogP contribution in [0.25, 0.3) is 10.2 Å². The van der Waals surface area contributed by atoms with Gasteiger partial charge in [0.25, 0.3) is 0 Å². The SMILES string of the molecule is CCCNC(c1cnc2ccsc2c1)C(C)CC. The molecule has 0 aliphatic rings. The van der Waals surface area contributed by atoms with Gasteiger partial charge < -0.3 is 5.32 Å². The Balaban J connectivity index is 2.27. The van der Waals surface area contributed by atoms with E-state index in [1.54, 1.807) is 11.3 Å². The van der Waals surface area contributed by atoms with Crippen LogP contribution in [0.15, 0.2) is 23.7 Å². The molecule has 0 aromatic carbocycles. The predicted molar refractivity (Wildman–Crippen MR) is 80.1 cm³/mol. The van der Waals surface area contributed by atoms with Crippen LogP contribution in [0.2, 0.25) is 0 Å².